The molecule has 0 radical (unpaired) electrons. The van der Waals surface area contributed by atoms with Gasteiger partial charge in [-0.3, -0.25) is 33.6 Å². The molecule has 0 rings (SSSR count). The number of carbonyl (C=O) groups is 7. The van der Waals surface area contributed by atoms with Gasteiger partial charge >= 0.3 is 5.97 Å². The molecule has 0 saturated heterocycles. The fourth-order valence-corrected chi connectivity index (χ4v) is 1.70. The Morgan fingerprint density at radius 3 is 1.52 bits per heavy atom. The maximum atomic E-state index is 11.9. The smallest absolute Gasteiger partial charge is 0.322 e. The van der Waals surface area contributed by atoms with Gasteiger partial charge in [-0.1, -0.05) is 0 Å². The Balaban J connectivity index is 4.22. The third-order valence-electron chi connectivity index (χ3n) is 3.22. The number of carboxylic acids is 1. The van der Waals surface area contributed by atoms with Crippen LogP contribution in [0, 0.1) is 0 Å². The van der Waals surface area contributed by atoms with Crippen LogP contribution in [0.4, 0.5) is 0 Å². The van der Waals surface area contributed by atoms with E-state index in [4.69, 9.17) is 10.8 Å². The first-order valence-electron chi connectivity index (χ1n) is 8.75. The molecule has 16 nitrogen and oxygen atoms in total. The molecule has 0 saturated carbocycles. The Kier molecular flexibility index (Phi) is 13.3. The van der Waals surface area contributed by atoms with Crippen molar-refractivity contribution in [1.82, 2.24) is 31.9 Å². The molecule has 0 aliphatic rings. The predicted molar refractivity (Wildman–Crippen MR) is 101 cm³/mol. The minimum Gasteiger partial charge on any atom is -0.480 e. The van der Waals surface area contributed by atoms with Crippen LogP contribution in [0.15, 0.2) is 0 Å². The quantitative estimate of drug-likeness (QED) is 0.121. The summed E-state index contributed by atoms with van der Waals surface area (Å²) in [6, 6.07) is -1.42. The highest BCUT2D eigenvalue weighted by atomic mass is 16.4. The molecular formula is C15H25N7O9. The van der Waals surface area contributed by atoms with Gasteiger partial charge in [0.05, 0.1) is 39.3 Å². The van der Waals surface area contributed by atoms with Crippen LogP contribution in [-0.4, -0.2) is 104 Å². The Morgan fingerprint density at radius 1 is 0.645 bits per heavy atom. The van der Waals surface area contributed by atoms with Crippen LogP contribution in [0.5, 0.6) is 0 Å². The molecule has 0 fully saturated rings. The van der Waals surface area contributed by atoms with E-state index in [9.17, 15) is 38.7 Å². The second-order valence-corrected chi connectivity index (χ2v) is 5.73. The van der Waals surface area contributed by atoms with Crippen LogP contribution in [0.2, 0.25) is 0 Å². The van der Waals surface area contributed by atoms with Gasteiger partial charge in [-0.15, -0.1) is 0 Å². The molecule has 0 spiro atoms. The molecule has 31 heavy (non-hydrogen) atoms. The summed E-state index contributed by atoms with van der Waals surface area (Å²) >= 11 is 0. The minimum atomic E-state index is -1.42. The highest BCUT2D eigenvalue weighted by Gasteiger charge is 2.20. The first-order valence-corrected chi connectivity index (χ1v) is 8.75. The standard InChI is InChI=1S/C15H25N7O9/c16-1-9(24)17-2-10(25)19-5-13(28)22-8(7-23)15(31)21-4-12(27)18-3-11(26)20-6-14(29)30/h8,23H,1-7,16H2,(H,17,24)(H,18,27)(H,19,25)(H,20,26)(H,21,31)(H,22,28)(H,29,30)/t8-/m0/s1. The van der Waals surface area contributed by atoms with E-state index in [0.717, 1.165) is 0 Å². The molecule has 0 aromatic carbocycles. The van der Waals surface area contributed by atoms with Crippen molar-refractivity contribution in [1.29, 1.82) is 0 Å². The largest absolute Gasteiger partial charge is 0.480 e. The molecule has 0 heterocycles. The summed E-state index contributed by atoms with van der Waals surface area (Å²) in [4.78, 5) is 79.1. The van der Waals surface area contributed by atoms with E-state index in [1.165, 1.54) is 0 Å². The van der Waals surface area contributed by atoms with Crippen molar-refractivity contribution in [2.45, 2.75) is 6.04 Å². The average molecular weight is 447 g/mol. The highest BCUT2D eigenvalue weighted by Crippen LogP contribution is 1.84. The van der Waals surface area contributed by atoms with Gasteiger partial charge in [0.15, 0.2) is 0 Å². The Hall–Kier alpha value is -3.79. The zero-order chi connectivity index (χ0) is 23.8. The van der Waals surface area contributed by atoms with Crippen molar-refractivity contribution in [3.63, 3.8) is 0 Å². The summed E-state index contributed by atoms with van der Waals surface area (Å²) in [5, 5.41) is 30.3. The van der Waals surface area contributed by atoms with Gasteiger partial charge in [0.2, 0.25) is 35.4 Å². The SMILES string of the molecule is NCC(=O)NCC(=O)NCC(=O)N[C@@H](CO)C(=O)NCC(=O)NCC(=O)NCC(=O)O. The lowest BCUT2D eigenvalue weighted by molar-refractivity contribution is -0.138. The minimum absolute atomic E-state index is 0.309. The summed E-state index contributed by atoms with van der Waals surface area (Å²) < 4.78 is 0. The number of rotatable bonds is 14. The molecule has 0 bridgehead atoms. The van der Waals surface area contributed by atoms with Crippen LogP contribution in [-0.2, 0) is 33.6 Å². The molecule has 0 aliphatic carbocycles. The lowest BCUT2D eigenvalue weighted by Gasteiger charge is -2.16. The van der Waals surface area contributed by atoms with E-state index in [1.54, 1.807) is 0 Å². The summed E-state index contributed by atoms with van der Waals surface area (Å²) in [5.41, 5.74) is 5.04. The van der Waals surface area contributed by atoms with Gasteiger partial charge in [-0.2, -0.15) is 0 Å². The van der Waals surface area contributed by atoms with Crippen LogP contribution < -0.4 is 37.6 Å². The Labute approximate surface area is 175 Å². The summed E-state index contributed by atoms with van der Waals surface area (Å²) in [7, 11) is 0. The van der Waals surface area contributed by atoms with Crippen molar-refractivity contribution in [2.75, 3.05) is 45.9 Å². The van der Waals surface area contributed by atoms with Gasteiger partial charge in [-0.05, 0) is 0 Å². The van der Waals surface area contributed by atoms with E-state index in [-0.39, 0.29) is 6.54 Å². The number of aliphatic carboxylic acids is 1. The van der Waals surface area contributed by atoms with Crippen molar-refractivity contribution in [3.05, 3.63) is 0 Å². The maximum Gasteiger partial charge on any atom is 0.322 e. The first-order chi connectivity index (χ1) is 14.6. The number of nitrogens with two attached hydrogens (primary N) is 1. The maximum absolute atomic E-state index is 11.9. The molecule has 0 aromatic rings. The van der Waals surface area contributed by atoms with Gasteiger partial charge < -0.3 is 47.8 Å². The Morgan fingerprint density at radius 2 is 1.06 bits per heavy atom. The van der Waals surface area contributed by atoms with Crippen LogP contribution >= 0.6 is 0 Å². The molecule has 1 atom stereocenters. The molecular weight excluding hydrogens is 422 g/mol. The molecule has 0 aromatic heterocycles. The van der Waals surface area contributed by atoms with E-state index >= 15 is 0 Å². The molecule has 0 unspecified atom stereocenters. The average Bonchev–Trinajstić information content (AvgIpc) is 2.74. The number of aliphatic hydroxyl groups is 1. The second kappa shape index (κ2) is 15.1. The van der Waals surface area contributed by atoms with Gasteiger partial charge in [0.25, 0.3) is 0 Å². The van der Waals surface area contributed by atoms with Crippen molar-refractivity contribution >= 4 is 41.4 Å². The third kappa shape index (κ3) is 13.9. The monoisotopic (exact) mass is 447 g/mol. The number of carbonyl (C=O) groups excluding carboxylic acids is 6. The number of aliphatic hydroxyl groups excluding tert-OH is 1. The molecule has 10 N–H and O–H groups in total. The van der Waals surface area contributed by atoms with E-state index in [0.29, 0.717) is 0 Å². The number of carboxylic acid groups (broad SMARTS) is 1. The summed E-state index contributed by atoms with van der Waals surface area (Å²) in [6.45, 7) is -3.80. The lowest BCUT2D eigenvalue weighted by atomic mass is 10.3. The van der Waals surface area contributed by atoms with Gasteiger partial charge in [-0.25, -0.2) is 0 Å². The van der Waals surface area contributed by atoms with E-state index < -0.39 is 86.8 Å². The summed E-state index contributed by atoms with van der Waals surface area (Å²) in [5.74, 6) is -5.80. The predicted octanol–water partition coefficient (Wildman–Crippen LogP) is -6.91. The second-order valence-electron chi connectivity index (χ2n) is 5.73. The number of hydrogen-bond donors (Lipinski definition) is 9. The number of amides is 6. The fraction of sp³-hybridized carbons (Fsp3) is 0.533. The fourth-order valence-electron chi connectivity index (χ4n) is 1.70. The normalized spacial score (nSPS) is 10.8. The van der Waals surface area contributed by atoms with E-state index in [2.05, 4.69) is 26.6 Å². The van der Waals surface area contributed by atoms with Crippen LogP contribution in [0.25, 0.3) is 0 Å². The summed E-state index contributed by atoms with van der Waals surface area (Å²) in [6.07, 6.45) is 0. The van der Waals surface area contributed by atoms with Crippen molar-refractivity contribution in [3.8, 4) is 0 Å². The van der Waals surface area contributed by atoms with Crippen molar-refractivity contribution in [2.24, 2.45) is 5.73 Å². The van der Waals surface area contributed by atoms with Crippen LogP contribution in [0.1, 0.15) is 0 Å². The zero-order valence-electron chi connectivity index (χ0n) is 16.4. The first kappa shape index (κ1) is 27.2. The van der Waals surface area contributed by atoms with Crippen molar-refractivity contribution < 1.29 is 43.8 Å². The molecule has 174 valence electrons. The molecule has 6 amide bonds. The number of nitrogens with one attached hydrogen (secondary N) is 6. The third-order valence-corrected chi connectivity index (χ3v) is 3.22. The molecule has 0 aliphatic heterocycles. The molecule has 16 heteroatoms. The van der Waals surface area contributed by atoms with E-state index in [1.807, 2.05) is 5.32 Å². The Bertz CT molecular complexity index is 698. The number of hydrogen-bond acceptors (Lipinski definition) is 9. The van der Waals surface area contributed by atoms with Gasteiger partial charge in [0.1, 0.15) is 12.6 Å². The van der Waals surface area contributed by atoms with Gasteiger partial charge in [0, 0.05) is 0 Å². The zero-order valence-corrected chi connectivity index (χ0v) is 16.4. The van der Waals surface area contributed by atoms with Crippen LogP contribution in [0.3, 0.4) is 0 Å². The topological polar surface area (TPSA) is 258 Å². The highest BCUT2D eigenvalue weighted by molar-refractivity contribution is 5.93. The lowest BCUT2D eigenvalue weighted by Crippen LogP contribution is -2.53.